The summed E-state index contributed by atoms with van der Waals surface area (Å²) in [6, 6.07) is 21.8. The molecule has 0 bridgehead atoms. The lowest BCUT2D eigenvalue weighted by Crippen LogP contribution is -3.05. The lowest BCUT2D eigenvalue weighted by Gasteiger charge is -2.25. The van der Waals surface area contributed by atoms with E-state index >= 15 is 0 Å². The van der Waals surface area contributed by atoms with Crippen LogP contribution in [-0.2, 0) is 6.61 Å². The molecular formula is C29H28ClN2O4+. The SMILES string of the molecule is C[NH+](C)CCCN1C(=O)c2oc3ccc(Cl)cc3c(=O)c2[C@@H]1c1cccc(OCc2ccccc2)c1. The average Bonchev–Trinajstić information content (AvgIpc) is 3.15. The number of nitrogens with one attached hydrogen (secondary N) is 1. The maximum atomic E-state index is 13.7. The van der Waals surface area contributed by atoms with Gasteiger partial charge in [0.25, 0.3) is 5.91 Å². The molecule has 1 aliphatic rings. The van der Waals surface area contributed by atoms with Gasteiger partial charge in [-0.25, -0.2) is 0 Å². The summed E-state index contributed by atoms with van der Waals surface area (Å²) in [5.41, 5.74) is 2.34. The van der Waals surface area contributed by atoms with Gasteiger partial charge in [-0.15, -0.1) is 0 Å². The van der Waals surface area contributed by atoms with Gasteiger partial charge in [0.2, 0.25) is 5.76 Å². The zero-order valence-electron chi connectivity index (χ0n) is 20.3. The molecule has 1 atom stereocenters. The Balaban J connectivity index is 1.56. The topological polar surface area (TPSA) is 64.2 Å². The van der Waals surface area contributed by atoms with Gasteiger partial charge < -0.3 is 19.0 Å². The molecule has 4 aromatic rings. The normalized spacial score (nSPS) is 15.1. The van der Waals surface area contributed by atoms with Crippen molar-refractivity contribution in [3.63, 3.8) is 0 Å². The van der Waals surface area contributed by atoms with E-state index in [-0.39, 0.29) is 17.1 Å². The number of fused-ring (bicyclic) bond motifs is 2. The lowest BCUT2D eigenvalue weighted by atomic mass is 9.98. The minimum absolute atomic E-state index is 0.104. The molecule has 2 heterocycles. The fourth-order valence-corrected chi connectivity index (χ4v) is 4.86. The summed E-state index contributed by atoms with van der Waals surface area (Å²) in [5, 5.41) is 0.813. The van der Waals surface area contributed by atoms with Gasteiger partial charge in [0, 0.05) is 18.0 Å². The quantitative estimate of drug-likeness (QED) is 0.393. The van der Waals surface area contributed by atoms with Crippen LogP contribution in [0.5, 0.6) is 5.75 Å². The van der Waals surface area contributed by atoms with Gasteiger partial charge in [0.05, 0.1) is 37.6 Å². The molecule has 0 fully saturated rings. The van der Waals surface area contributed by atoms with E-state index in [1.54, 1.807) is 23.1 Å². The third kappa shape index (κ3) is 4.74. The second-order valence-corrected chi connectivity index (χ2v) is 9.81. The van der Waals surface area contributed by atoms with Gasteiger partial charge in [-0.05, 0) is 41.5 Å². The molecule has 6 nitrogen and oxygen atoms in total. The Hall–Kier alpha value is -3.61. The summed E-state index contributed by atoms with van der Waals surface area (Å²) in [6.45, 7) is 1.82. The molecule has 5 rings (SSSR count). The Morgan fingerprint density at radius 3 is 2.58 bits per heavy atom. The van der Waals surface area contributed by atoms with Crippen molar-refractivity contribution in [2.75, 3.05) is 27.2 Å². The Morgan fingerprint density at radius 1 is 1.00 bits per heavy atom. The van der Waals surface area contributed by atoms with Gasteiger partial charge in [-0.1, -0.05) is 54.1 Å². The number of benzene rings is 3. The standard InChI is InChI=1S/C29H27ClN2O4/c1-31(2)14-7-15-32-26(20-10-6-11-22(16-20)35-18-19-8-4-3-5-9-19)25-27(33)23-17-21(30)12-13-24(23)36-28(25)29(32)34/h3-6,8-13,16-17,26H,7,14-15,18H2,1-2H3/p+1/t26-/m0/s1. The number of hydrogen-bond acceptors (Lipinski definition) is 4. The zero-order valence-corrected chi connectivity index (χ0v) is 21.0. The van der Waals surface area contributed by atoms with E-state index in [1.165, 1.54) is 4.90 Å². The summed E-state index contributed by atoms with van der Waals surface area (Å²) in [5.74, 6) is 0.504. The molecule has 1 amide bonds. The van der Waals surface area contributed by atoms with Crippen LogP contribution in [0.15, 0.2) is 82.0 Å². The largest absolute Gasteiger partial charge is 0.489 e. The predicted molar refractivity (Wildman–Crippen MR) is 140 cm³/mol. The van der Waals surface area contributed by atoms with Crippen molar-refractivity contribution in [1.82, 2.24) is 4.90 Å². The summed E-state index contributed by atoms with van der Waals surface area (Å²) in [4.78, 5) is 30.3. The fraction of sp³-hybridized carbons (Fsp3) is 0.241. The van der Waals surface area contributed by atoms with Crippen LogP contribution >= 0.6 is 11.6 Å². The number of rotatable bonds is 8. The first-order valence-electron chi connectivity index (χ1n) is 12.1. The Kier molecular flexibility index (Phi) is 6.81. The molecule has 0 saturated carbocycles. The Bertz CT molecular complexity index is 1470. The number of amides is 1. The van der Waals surface area contributed by atoms with Crippen molar-refractivity contribution in [2.45, 2.75) is 19.1 Å². The van der Waals surface area contributed by atoms with Crippen molar-refractivity contribution in [3.05, 3.63) is 110 Å². The van der Waals surface area contributed by atoms with E-state index in [2.05, 4.69) is 14.1 Å². The van der Waals surface area contributed by atoms with E-state index in [4.69, 9.17) is 20.8 Å². The van der Waals surface area contributed by atoms with Crippen LogP contribution in [0.25, 0.3) is 11.0 Å². The van der Waals surface area contributed by atoms with Gasteiger partial charge in [0.15, 0.2) is 5.43 Å². The number of hydrogen-bond donors (Lipinski definition) is 1. The average molecular weight is 504 g/mol. The third-order valence-corrected chi connectivity index (χ3v) is 6.66. The Morgan fingerprint density at radius 2 is 1.81 bits per heavy atom. The zero-order chi connectivity index (χ0) is 25.2. The molecule has 1 aliphatic heterocycles. The van der Waals surface area contributed by atoms with Crippen LogP contribution in [0.2, 0.25) is 5.02 Å². The van der Waals surface area contributed by atoms with Crippen LogP contribution in [-0.4, -0.2) is 38.0 Å². The molecule has 0 radical (unpaired) electrons. The molecule has 1 N–H and O–H groups in total. The Labute approximate surface area is 214 Å². The van der Waals surface area contributed by atoms with Crippen LogP contribution in [0, 0.1) is 0 Å². The minimum atomic E-state index is -0.565. The molecule has 3 aromatic carbocycles. The minimum Gasteiger partial charge on any atom is -0.489 e. The molecule has 1 aromatic heterocycles. The van der Waals surface area contributed by atoms with Crippen LogP contribution in [0.1, 0.15) is 39.7 Å². The molecule has 0 saturated heterocycles. The van der Waals surface area contributed by atoms with Crippen molar-refractivity contribution in [1.29, 1.82) is 0 Å². The highest BCUT2D eigenvalue weighted by molar-refractivity contribution is 6.31. The first-order chi connectivity index (χ1) is 17.4. The molecular weight excluding hydrogens is 476 g/mol. The van der Waals surface area contributed by atoms with E-state index < -0.39 is 6.04 Å². The van der Waals surface area contributed by atoms with Crippen LogP contribution < -0.4 is 15.1 Å². The second-order valence-electron chi connectivity index (χ2n) is 9.37. The summed E-state index contributed by atoms with van der Waals surface area (Å²) in [6.07, 6.45) is 0.794. The monoisotopic (exact) mass is 503 g/mol. The van der Waals surface area contributed by atoms with Crippen LogP contribution in [0.3, 0.4) is 0 Å². The van der Waals surface area contributed by atoms with E-state index in [0.717, 1.165) is 24.1 Å². The van der Waals surface area contributed by atoms with Gasteiger partial charge in [-0.3, -0.25) is 9.59 Å². The second kappa shape index (κ2) is 10.2. The number of nitrogens with zero attached hydrogens (tertiary/aromatic N) is 1. The van der Waals surface area contributed by atoms with Crippen LogP contribution in [0.4, 0.5) is 0 Å². The molecule has 0 aliphatic carbocycles. The lowest BCUT2D eigenvalue weighted by molar-refractivity contribution is -0.858. The van der Waals surface area contributed by atoms with E-state index in [0.29, 0.717) is 40.5 Å². The highest BCUT2D eigenvalue weighted by atomic mass is 35.5. The first kappa shape index (κ1) is 24.1. The number of halogens is 1. The van der Waals surface area contributed by atoms with Gasteiger partial charge >= 0.3 is 0 Å². The number of carbonyl (C=O) groups is 1. The molecule has 184 valence electrons. The van der Waals surface area contributed by atoms with Crippen molar-refractivity contribution >= 4 is 28.5 Å². The van der Waals surface area contributed by atoms with Crippen molar-refractivity contribution in [2.24, 2.45) is 0 Å². The smallest absolute Gasteiger partial charge is 0.290 e. The third-order valence-electron chi connectivity index (χ3n) is 6.43. The van der Waals surface area contributed by atoms with Gasteiger partial charge in [-0.2, -0.15) is 0 Å². The predicted octanol–water partition coefficient (Wildman–Crippen LogP) is 4.11. The maximum Gasteiger partial charge on any atom is 0.290 e. The fourth-order valence-electron chi connectivity index (χ4n) is 4.69. The summed E-state index contributed by atoms with van der Waals surface area (Å²) in [7, 11) is 4.15. The number of carbonyl (C=O) groups excluding carboxylic acids is 1. The molecule has 0 spiro atoms. The molecule has 0 unspecified atom stereocenters. The maximum absolute atomic E-state index is 13.7. The van der Waals surface area contributed by atoms with E-state index in [9.17, 15) is 9.59 Å². The number of ether oxygens (including phenoxy) is 1. The highest BCUT2D eigenvalue weighted by Crippen LogP contribution is 2.39. The summed E-state index contributed by atoms with van der Waals surface area (Å²) < 4.78 is 12.1. The first-order valence-corrected chi connectivity index (χ1v) is 12.4. The summed E-state index contributed by atoms with van der Waals surface area (Å²) >= 11 is 6.18. The van der Waals surface area contributed by atoms with E-state index in [1.807, 2.05) is 54.6 Å². The van der Waals surface area contributed by atoms with Crippen molar-refractivity contribution < 1.29 is 18.8 Å². The number of quaternary nitrogens is 1. The van der Waals surface area contributed by atoms with Gasteiger partial charge in [0.1, 0.15) is 17.9 Å². The van der Waals surface area contributed by atoms with Crippen molar-refractivity contribution in [3.8, 4) is 5.75 Å². The molecule has 36 heavy (non-hydrogen) atoms. The highest BCUT2D eigenvalue weighted by Gasteiger charge is 2.42. The molecule has 7 heteroatoms.